The third-order valence-electron chi connectivity index (χ3n) is 11.4. The molecule has 1 aliphatic heterocycles. The summed E-state index contributed by atoms with van der Waals surface area (Å²) in [5.74, 6) is -7.51. The number of imide groups is 1. The number of aliphatic hydroxyl groups is 1. The Bertz CT molecular complexity index is 2440. The minimum absolute atomic E-state index is 0.00645. The predicted octanol–water partition coefficient (Wildman–Crippen LogP) is 1.52. The van der Waals surface area contributed by atoms with Gasteiger partial charge in [0.2, 0.25) is 35.4 Å². The molecule has 4 rings (SSSR count). The third kappa shape index (κ3) is 16.6. The summed E-state index contributed by atoms with van der Waals surface area (Å²) in [6, 6.07) is 8.26. The SMILES string of the molecule is CC(=O)NC(C(=O)N[C@@H](CCCNC(N)=O)C(=O)N[C@@H](CCN(C(=O)CO)[C@@H](c1cc(-c2cc(F)ccc2F)cn1Cc1ccccc1)C(C)(C)C)C(=O)NCCNC(=O)CN1C(=O)C=CC1=O)C(C)C. The zero-order valence-corrected chi connectivity index (χ0v) is 40.7. The number of amides is 10. The van der Waals surface area contributed by atoms with Crippen molar-refractivity contribution < 1.29 is 57.0 Å². The minimum Gasteiger partial charge on any atom is -0.387 e. The smallest absolute Gasteiger partial charge is 0.312 e. The molecule has 1 unspecified atom stereocenters. The monoisotopic (exact) mass is 990 g/mol. The van der Waals surface area contributed by atoms with E-state index < -0.39 is 114 Å². The third-order valence-corrected chi connectivity index (χ3v) is 11.4. The van der Waals surface area contributed by atoms with E-state index in [0.29, 0.717) is 11.3 Å². The van der Waals surface area contributed by atoms with E-state index in [1.165, 1.54) is 11.8 Å². The molecule has 1 aromatic heterocycles. The molecule has 0 radical (unpaired) electrons. The number of urea groups is 1. The van der Waals surface area contributed by atoms with Gasteiger partial charge >= 0.3 is 6.03 Å². The number of hydrogen-bond donors (Lipinski definition) is 8. The minimum atomic E-state index is -1.48. The lowest BCUT2D eigenvalue weighted by Crippen LogP contribution is -2.58. The highest BCUT2D eigenvalue weighted by Gasteiger charge is 2.39. The lowest BCUT2D eigenvalue weighted by molar-refractivity contribution is -0.141. The molecule has 0 fully saturated rings. The number of nitrogens with two attached hydrogens (primary N) is 1. The van der Waals surface area contributed by atoms with Gasteiger partial charge in [0.25, 0.3) is 11.8 Å². The molecule has 2 heterocycles. The zero-order chi connectivity index (χ0) is 52.6. The molecule has 10 amide bonds. The molecule has 20 nitrogen and oxygen atoms in total. The van der Waals surface area contributed by atoms with E-state index >= 15 is 4.39 Å². The Balaban J connectivity index is 1.72. The highest BCUT2D eigenvalue weighted by Crippen LogP contribution is 2.41. The first kappa shape index (κ1) is 56.1. The second-order valence-electron chi connectivity index (χ2n) is 18.4. The molecule has 71 heavy (non-hydrogen) atoms. The van der Waals surface area contributed by atoms with Gasteiger partial charge < -0.3 is 52.2 Å². The number of nitrogens with zero attached hydrogens (tertiary/aromatic N) is 3. The maximum absolute atomic E-state index is 15.4. The molecule has 0 saturated carbocycles. The van der Waals surface area contributed by atoms with Crippen molar-refractivity contribution in [3.05, 3.63) is 95.8 Å². The van der Waals surface area contributed by atoms with Crippen molar-refractivity contribution in [2.45, 2.75) is 91.5 Å². The van der Waals surface area contributed by atoms with Crippen LogP contribution < -0.4 is 37.6 Å². The van der Waals surface area contributed by atoms with Crippen LogP contribution in [-0.4, -0.2) is 130 Å². The molecular formula is C49H64F2N10O10. The van der Waals surface area contributed by atoms with E-state index in [1.807, 2.05) is 51.1 Å². The lowest BCUT2D eigenvalue weighted by Gasteiger charge is -2.41. The van der Waals surface area contributed by atoms with Crippen molar-refractivity contribution in [3.63, 3.8) is 0 Å². The summed E-state index contributed by atoms with van der Waals surface area (Å²) < 4.78 is 31.8. The van der Waals surface area contributed by atoms with E-state index in [4.69, 9.17) is 5.73 Å². The maximum atomic E-state index is 15.4. The largest absolute Gasteiger partial charge is 0.387 e. The van der Waals surface area contributed by atoms with E-state index in [0.717, 1.165) is 40.8 Å². The van der Waals surface area contributed by atoms with Gasteiger partial charge in [-0.1, -0.05) is 65.0 Å². The van der Waals surface area contributed by atoms with Crippen LogP contribution in [-0.2, 0) is 44.9 Å². The molecular weight excluding hydrogens is 927 g/mol. The van der Waals surface area contributed by atoms with Gasteiger partial charge in [0, 0.05) is 74.8 Å². The zero-order valence-electron chi connectivity index (χ0n) is 40.7. The Labute approximate surface area is 410 Å². The fourth-order valence-electron chi connectivity index (χ4n) is 8.01. The topological polar surface area (TPSA) is 283 Å². The lowest BCUT2D eigenvalue weighted by atomic mass is 9.82. The molecule has 2 aromatic carbocycles. The summed E-state index contributed by atoms with van der Waals surface area (Å²) in [5.41, 5.74) is 5.91. The number of benzene rings is 2. The van der Waals surface area contributed by atoms with Crippen LogP contribution in [0.3, 0.4) is 0 Å². The van der Waals surface area contributed by atoms with Gasteiger partial charge in [-0.05, 0) is 60.4 Å². The van der Waals surface area contributed by atoms with E-state index in [-0.39, 0.29) is 57.5 Å². The second kappa shape index (κ2) is 25.9. The Morgan fingerprint density at radius 1 is 0.789 bits per heavy atom. The first-order valence-corrected chi connectivity index (χ1v) is 23.1. The fourth-order valence-corrected chi connectivity index (χ4v) is 8.01. The van der Waals surface area contributed by atoms with Gasteiger partial charge in [-0.2, -0.15) is 0 Å². The number of aliphatic hydroxyl groups excluding tert-OH is 1. The van der Waals surface area contributed by atoms with E-state index in [2.05, 4.69) is 31.9 Å². The molecule has 4 atom stereocenters. The van der Waals surface area contributed by atoms with Gasteiger partial charge in [-0.15, -0.1) is 0 Å². The number of rotatable bonds is 25. The Hall–Kier alpha value is -7.49. The number of primary amides is 1. The van der Waals surface area contributed by atoms with Crippen molar-refractivity contribution >= 4 is 53.3 Å². The van der Waals surface area contributed by atoms with Crippen LogP contribution in [0.2, 0.25) is 0 Å². The Morgan fingerprint density at radius 2 is 1.42 bits per heavy atom. The summed E-state index contributed by atoms with van der Waals surface area (Å²) in [6.07, 6.45) is 3.40. The first-order chi connectivity index (χ1) is 33.5. The van der Waals surface area contributed by atoms with Crippen molar-refractivity contribution in [3.8, 4) is 11.1 Å². The quantitative estimate of drug-likeness (QED) is 0.0448. The summed E-state index contributed by atoms with van der Waals surface area (Å²) in [6.45, 7) is 8.03. The summed E-state index contributed by atoms with van der Waals surface area (Å²) >= 11 is 0. The molecule has 0 bridgehead atoms. The van der Waals surface area contributed by atoms with Gasteiger partial charge in [-0.3, -0.25) is 43.3 Å². The van der Waals surface area contributed by atoms with Crippen LogP contribution in [0.4, 0.5) is 13.6 Å². The predicted molar refractivity (Wildman–Crippen MR) is 256 cm³/mol. The molecule has 9 N–H and O–H groups in total. The molecule has 384 valence electrons. The van der Waals surface area contributed by atoms with Crippen LogP contribution in [0.15, 0.2) is 72.9 Å². The number of carbonyl (C=O) groups is 9. The van der Waals surface area contributed by atoms with Gasteiger partial charge in [-0.25, -0.2) is 13.6 Å². The van der Waals surface area contributed by atoms with Crippen LogP contribution in [0.5, 0.6) is 0 Å². The molecule has 0 saturated heterocycles. The Kier molecular flexibility index (Phi) is 20.5. The second-order valence-corrected chi connectivity index (χ2v) is 18.4. The molecule has 22 heteroatoms. The highest BCUT2D eigenvalue weighted by molar-refractivity contribution is 6.14. The van der Waals surface area contributed by atoms with Crippen molar-refractivity contribution in [1.82, 2.24) is 46.3 Å². The summed E-state index contributed by atoms with van der Waals surface area (Å²) in [7, 11) is 0. The number of hydrogen-bond acceptors (Lipinski definition) is 10. The number of aromatic nitrogens is 1. The van der Waals surface area contributed by atoms with Crippen LogP contribution in [0.25, 0.3) is 11.1 Å². The standard InChI is InChI=1S/C49H64F2N10O10/c1-29(2)43(56-30(3)63)47(70)58-36(13-10-19-55-48(52)71)46(69)57-37(45(68)54-21-20-53-39(64)27-61-40(65)16-17-41(61)66)18-22-60(42(67)28-62)44(49(4,5)6)38-23-32(34-24-33(50)14-15-35(34)51)26-59(38)25-31-11-8-7-9-12-31/h7-9,11-12,14-17,23-24,26,29,36-37,43-44,62H,10,13,18-22,25,27-28H2,1-6H3,(H,53,64)(H,54,68)(H,56,63)(H,57,69)(H,58,70)(H3,52,55,71)/t36-,37-,43?,44-/m0/s1. The van der Waals surface area contributed by atoms with Gasteiger partial charge in [0.1, 0.15) is 42.9 Å². The number of nitrogens with one attached hydrogen (secondary N) is 6. The summed E-state index contributed by atoms with van der Waals surface area (Å²) in [5, 5.41) is 25.9. The van der Waals surface area contributed by atoms with Crippen molar-refractivity contribution in [1.29, 1.82) is 0 Å². The molecule has 0 spiro atoms. The normalized spacial score (nSPS) is 14.0. The summed E-state index contributed by atoms with van der Waals surface area (Å²) in [4.78, 5) is 118. The van der Waals surface area contributed by atoms with Crippen molar-refractivity contribution in [2.75, 3.05) is 39.3 Å². The molecule has 0 aliphatic carbocycles. The van der Waals surface area contributed by atoms with Crippen LogP contribution >= 0.6 is 0 Å². The first-order valence-electron chi connectivity index (χ1n) is 23.1. The van der Waals surface area contributed by atoms with E-state index in [1.54, 1.807) is 30.7 Å². The fraction of sp³-hybridized carbons (Fsp3) is 0.449. The van der Waals surface area contributed by atoms with E-state index in [9.17, 15) is 52.6 Å². The average molecular weight is 991 g/mol. The van der Waals surface area contributed by atoms with Gasteiger partial charge in [0.05, 0.1) is 6.04 Å². The number of carbonyl (C=O) groups excluding carboxylic acids is 9. The van der Waals surface area contributed by atoms with Crippen molar-refractivity contribution in [2.24, 2.45) is 17.1 Å². The van der Waals surface area contributed by atoms with Crippen LogP contribution in [0, 0.1) is 23.0 Å². The van der Waals surface area contributed by atoms with Gasteiger partial charge in [0.15, 0.2) is 0 Å². The maximum Gasteiger partial charge on any atom is 0.312 e. The van der Waals surface area contributed by atoms with Crippen LogP contribution in [0.1, 0.15) is 78.1 Å². The molecule has 3 aromatic rings. The highest BCUT2D eigenvalue weighted by atomic mass is 19.1. The average Bonchev–Trinajstić information content (AvgIpc) is 3.85. The number of halogens is 2. The molecule has 1 aliphatic rings. The Morgan fingerprint density at radius 3 is 2.03 bits per heavy atom.